The Balaban J connectivity index is 3.05. The number of ether oxygens (including phenoxy) is 2. The van der Waals surface area contributed by atoms with E-state index in [9.17, 15) is 4.79 Å². The summed E-state index contributed by atoms with van der Waals surface area (Å²) in [5.41, 5.74) is 0.249. The van der Waals surface area contributed by atoms with Crippen LogP contribution in [0.2, 0.25) is 0 Å². The first-order valence-electron chi connectivity index (χ1n) is 4.20. The van der Waals surface area contributed by atoms with Crippen LogP contribution >= 0.6 is 0 Å². The van der Waals surface area contributed by atoms with Crippen LogP contribution in [0.25, 0.3) is 0 Å². The molecule has 0 spiro atoms. The van der Waals surface area contributed by atoms with Gasteiger partial charge in [0.1, 0.15) is 17.1 Å². The summed E-state index contributed by atoms with van der Waals surface area (Å²) >= 11 is 0. The summed E-state index contributed by atoms with van der Waals surface area (Å²) in [6, 6.07) is 4.81. The van der Waals surface area contributed by atoms with E-state index in [0.717, 1.165) is 0 Å². The number of hydrogen-bond acceptors (Lipinski definition) is 5. The van der Waals surface area contributed by atoms with E-state index in [1.54, 1.807) is 12.1 Å². The molecule has 0 amide bonds. The molecule has 0 saturated carbocycles. The molecular weight excluding hydrogens is 200 g/mol. The second-order valence-corrected chi connectivity index (χ2v) is 2.60. The first-order valence-corrected chi connectivity index (χ1v) is 4.20. The molecule has 0 N–H and O–H groups in total. The van der Waals surface area contributed by atoms with Gasteiger partial charge in [0.15, 0.2) is 0 Å². The van der Waals surface area contributed by atoms with Crippen LogP contribution in [0.1, 0.15) is 10.4 Å². The molecule has 0 radical (unpaired) electrons. The maximum absolute atomic E-state index is 11.4. The number of carbonyl (C=O) groups is 1. The van der Waals surface area contributed by atoms with Gasteiger partial charge in [-0.3, -0.25) is 4.89 Å². The van der Waals surface area contributed by atoms with Crippen molar-refractivity contribution in [1.29, 1.82) is 0 Å². The van der Waals surface area contributed by atoms with Crippen molar-refractivity contribution < 1.29 is 24.0 Å². The Kier molecular flexibility index (Phi) is 3.93. The monoisotopic (exact) mass is 212 g/mol. The molecule has 5 nitrogen and oxygen atoms in total. The molecule has 15 heavy (non-hydrogen) atoms. The lowest BCUT2D eigenvalue weighted by molar-refractivity contribution is -0.216. The van der Waals surface area contributed by atoms with Crippen molar-refractivity contribution in [2.24, 2.45) is 0 Å². The van der Waals surface area contributed by atoms with Gasteiger partial charge in [-0.25, -0.2) is 4.79 Å². The van der Waals surface area contributed by atoms with Gasteiger partial charge in [-0.05, 0) is 18.2 Å². The van der Waals surface area contributed by atoms with Crippen LogP contribution in [0.3, 0.4) is 0 Å². The van der Waals surface area contributed by atoms with E-state index in [1.807, 2.05) is 0 Å². The molecule has 5 heteroatoms. The minimum Gasteiger partial charge on any atom is -0.497 e. The lowest BCUT2D eigenvalue weighted by atomic mass is 10.2. The molecule has 0 aromatic heterocycles. The summed E-state index contributed by atoms with van der Waals surface area (Å²) in [6.45, 7) is 0. The second kappa shape index (κ2) is 5.21. The summed E-state index contributed by atoms with van der Waals surface area (Å²) in [5, 5.41) is 0. The summed E-state index contributed by atoms with van der Waals surface area (Å²) in [4.78, 5) is 20.1. The molecule has 0 fully saturated rings. The van der Waals surface area contributed by atoms with Gasteiger partial charge >= 0.3 is 5.97 Å². The van der Waals surface area contributed by atoms with Crippen molar-refractivity contribution in [1.82, 2.24) is 0 Å². The van der Waals surface area contributed by atoms with Crippen LogP contribution in [0.15, 0.2) is 18.2 Å². The molecule has 0 aliphatic carbocycles. The Hall–Kier alpha value is -1.75. The molecule has 0 aliphatic rings. The maximum atomic E-state index is 11.4. The van der Waals surface area contributed by atoms with Crippen molar-refractivity contribution in [2.75, 3.05) is 21.3 Å². The van der Waals surface area contributed by atoms with Crippen molar-refractivity contribution in [2.45, 2.75) is 0 Å². The van der Waals surface area contributed by atoms with E-state index >= 15 is 0 Å². The van der Waals surface area contributed by atoms with Gasteiger partial charge < -0.3 is 9.47 Å². The molecule has 0 saturated heterocycles. The first-order chi connectivity index (χ1) is 7.22. The van der Waals surface area contributed by atoms with E-state index in [-0.39, 0.29) is 5.56 Å². The van der Waals surface area contributed by atoms with Crippen molar-refractivity contribution in [3.63, 3.8) is 0 Å². The lowest BCUT2D eigenvalue weighted by Gasteiger charge is -2.08. The number of rotatable bonds is 4. The summed E-state index contributed by atoms with van der Waals surface area (Å²) in [6.07, 6.45) is 0. The highest BCUT2D eigenvalue weighted by molar-refractivity contribution is 5.92. The number of hydrogen-bond donors (Lipinski definition) is 0. The van der Waals surface area contributed by atoms with Gasteiger partial charge in [-0.2, -0.15) is 4.89 Å². The van der Waals surface area contributed by atoms with Crippen LogP contribution in [-0.4, -0.2) is 27.3 Å². The molecule has 0 heterocycles. The fraction of sp³-hybridized carbons (Fsp3) is 0.300. The van der Waals surface area contributed by atoms with E-state index < -0.39 is 5.97 Å². The minimum atomic E-state index is -0.631. The van der Waals surface area contributed by atoms with Crippen LogP contribution in [0.4, 0.5) is 0 Å². The SMILES string of the molecule is COOC(=O)c1cc(OC)ccc1OC. The standard InChI is InChI=1S/C10H12O5/c1-12-7-4-5-9(13-2)8(6-7)10(11)15-14-3/h4-6H,1-3H3. The van der Waals surface area contributed by atoms with Gasteiger partial charge in [0.25, 0.3) is 0 Å². The lowest BCUT2D eigenvalue weighted by Crippen LogP contribution is -2.06. The molecule has 0 bridgehead atoms. The van der Waals surface area contributed by atoms with Crippen molar-refractivity contribution in [3.8, 4) is 11.5 Å². The molecule has 82 valence electrons. The molecule has 1 aromatic carbocycles. The summed E-state index contributed by atoms with van der Waals surface area (Å²) in [7, 11) is 4.23. The zero-order valence-electron chi connectivity index (χ0n) is 8.77. The van der Waals surface area contributed by atoms with Gasteiger partial charge in [0, 0.05) is 0 Å². The minimum absolute atomic E-state index is 0.249. The molecule has 1 rings (SSSR count). The van der Waals surface area contributed by atoms with Crippen LogP contribution in [0.5, 0.6) is 11.5 Å². The van der Waals surface area contributed by atoms with E-state index in [2.05, 4.69) is 9.78 Å². The summed E-state index contributed by atoms with van der Waals surface area (Å²) < 4.78 is 9.98. The zero-order chi connectivity index (χ0) is 11.3. The Morgan fingerprint density at radius 3 is 2.40 bits per heavy atom. The third kappa shape index (κ3) is 2.60. The van der Waals surface area contributed by atoms with E-state index in [0.29, 0.717) is 11.5 Å². The number of benzene rings is 1. The predicted molar refractivity (Wildman–Crippen MR) is 52.0 cm³/mol. The Morgan fingerprint density at radius 2 is 1.87 bits per heavy atom. The van der Waals surface area contributed by atoms with Gasteiger partial charge in [0.2, 0.25) is 0 Å². The Labute approximate surface area is 87.4 Å². The topological polar surface area (TPSA) is 54.0 Å². The maximum Gasteiger partial charge on any atom is 0.376 e. The van der Waals surface area contributed by atoms with Crippen LogP contribution in [0, 0.1) is 0 Å². The highest BCUT2D eigenvalue weighted by Crippen LogP contribution is 2.24. The Morgan fingerprint density at radius 1 is 1.13 bits per heavy atom. The fourth-order valence-electron chi connectivity index (χ4n) is 1.09. The third-order valence-corrected chi connectivity index (χ3v) is 1.79. The van der Waals surface area contributed by atoms with Crippen LogP contribution < -0.4 is 9.47 Å². The number of methoxy groups -OCH3 is 2. The van der Waals surface area contributed by atoms with Gasteiger partial charge in [0.05, 0.1) is 21.3 Å². The molecule has 0 atom stereocenters. The third-order valence-electron chi connectivity index (χ3n) is 1.79. The first kappa shape index (κ1) is 11.3. The highest BCUT2D eigenvalue weighted by atomic mass is 17.2. The molecular formula is C10H12O5. The highest BCUT2D eigenvalue weighted by Gasteiger charge is 2.15. The quantitative estimate of drug-likeness (QED) is 0.558. The smallest absolute Gasteiger partial charge is 0.376 e. The van der Waals surface area contributed by atoms with E-state index in [1.165, 1.54) is 27.4 Å². The van der Waals surface area contributed by atoms with Gasteiger partial charge in [-0.15, -0.1) is 0 Å². The average molecular weight is 212 g/mol. The molecule has 0 unspecified atom stereocenters. The van der Waals surface area contributed by atoms with Crippen molar-refractivity contribution in [3.05, 3.63) is 23.8 Å². The van der Waals surface area contributed by atoms with E-state index in [4.69, 9.17) is 9.47 Å². The molecule has 0 aliphatic heterocycles. The van der Waals surface area contributed by atoms with Gasteiger partial charge in [-0.1, -0.05) is 0 Å². The normalized spacial score (nSPS) is 9.53. The molecule has 1 aromatic rings. The number of carbonyl (C=O) groups excluding carboxylic acids is 1. The van der Waals surface area contributed by atoms with Crippen LogP contribution in [-0.2, 0) is 9.78 Å². The largest absolute Gasteiger partial charge is 0.497 e. The Bertz CT molecular complexity index is 348. The van der Waals surface area contributed by atoms with Crippen molar-refractivity contribution >= 4 is 5.97 Å². The zero-order valence-corrected chi connectivity index (χ0v) is 8.77. The fourth-order valence-corrected chi connectivity index (χ4v) is 1.09. The summed E-state index contributed by atoms with van der Waals surface area (Å²) in [5.74, 6) is 0.310. The second-order valence-electron chi connectivity index (χ2n) is 2.60. The predicted octanol–water partition coefficient (Wildman–Crippen LogP) is 1.42. The average Bonchev–Trinajstić information content (AvgIpc) is 2.28.